The molecule has 1 aromatic heterocycles. The highest BCUT2D eigenvalue weighted by atomic mass is 32.1. The first-order valence-corrected chi connectivity index (χ1v) is 8.14. The highest BCUT2D eigenvalue weighted by Gasteiger charge is 2.21. The van der Waals surface area contributed by atoms with Crippen LogP contribution in [0.5, 0.6) is 0 Å². The van der Waals surface area contributed by atoms with Crippen molar-refractivity contribution in [2.24, 2.45) is 5.73 Å². The lowest BCUT2D eigenvalue weighted by molar-refractivity contribution is -0.119. The molecule has 0 bridgehead atoms. The van der Waals surface area contributed by atoms with Gasteiger partial charge in [-0.1, -0.05) is 30.3 Å². The molecule has 1 aromatic carbocycles. The maximum absolute atomic E-state index is 10.9. The predicted molar refractivity (Wildman–Crippen MR) is 87.6 cm³/mol. The molecule has 0 atom stereocenters. The van der Waals surface area contributed by atoms with Crippen molar-refractivity contribution < 1.29 is 4.79 Å². The lowest BCUT2D eigenvalue weighted by atomic mass is 10.1. The fraction of sp³-hybridized carbons (Fsp3) is 0.400. The summed E-state index contributed by atoms with van der Waals surface area (Å²) in [5.74, 6) is 0.502. The Morgan fingerprint density at radius 1 is 1.32 bits per heavy atom. The zero-order valence-corrected chi connectivity index (χ0v) is 13.1. The average Bonchev–Trinajstić information content (AvgIpc) is 2.98. The third-order valence-corrected chi connectivity index (χ3v) is 4.40. The van der Waals surface area contributed by atoms with Crippen LogP contribution in [0, 0.1) is 0 Å². The number of piperidine rings is 1. The van der Waals surface area contributed by atoms with Crippen molar-refractivity contribution in [3.8, 4) is 11.4 Å². The number of anilines is 1. The number of amides is 1. The quantitative estimate of drug-likeness (QED) is 0.874. The molecule has 1 saturated heterocycles. The molecule has 0 saturated carbocycles. The van der Waals surface area contributed by atoms with Crippen LogP contribution < -0.4 is 11.1 Å². The summed E-state index contributed by atoms with van der Waals surface area (Å²) in [6.07, 6.45) is 1.96. The molecule has 1 aliphatic rings. The number of nitrogens with one attached hydrogen (secondary N) is 1. The van der Waals surface area contributed by atoms with Crippen molar-refractivity contribution in [3.05, 3.63) is 30.3 Å². The molecule has 0 radical (unpaired) electrons. The number of aromatic nitrogens is 2. The van der Waals surface area contributed by atoms with Crippen LogP contribution in [0.1, 0.15) is 12.8 Å². The first-order chi connectivity index (χ1) is 10.7. The van der Waals surface area contributed by atoms with Gasteiger partial charge in [-0.3, -0.25) is 9.69 Å². The first-order valence-electron chi connectivity index (χ1n) is 7.37. The van der Waals surface area contributed by atoms with Gasteiger partial charge >= 0.3 is 0 Å². The van der Waals surface area contributed by atoms with Crippen LogP contribution in [0.3, 0.4) is 0 Å². The van der Waals surface area contributed by atoms with E-state index < -0.39 is 0 Å². The number of nitrogens with zero attached hydrogens (tertiary/aromatic N) is 3. The average molecular weight is 317 g/mol. The Morgan fingerprint density at radius 3 is 2.73 bits per heavy atom. The van der Waals surface area contributed by atoms with Crippen molar-refractivity contribution in [2.45, 2.75) is 18.9 Å². The molecule has 7 heteroatoms. The molecule has 1 fully saturated rings. The van der Waals surface area contributed by atoms with Crippen LogP contribution in [-0.4, -0.2) is 45.8 Å². The maximum Gasteiger partial charge on any atom is 0.231 e. The highest BCUT2D eigenvalue weighted by molar-refractivity contribution is 7.09. The molecule has 2 aromatic rings. The van der Waals surface area contributed by atoms with E-state index >= 15 is 0 Å². The van der Waals surface area contributed by atoms with Crippen molar-refractivity contribution >= 4 is 22.6 Å². The van der Waals surface area contributed by atoms with E-state index in [1.165, 1.54) is 11.5 Å². The molecule has 22 heavy (non-hydrogen) atoms. The molecule has 6 nitrogen and oxygen atoms in total. The topological polar surface area (TPSA) is 84.1 Å². The summed E-state index contributed by atoms with van der Waals surface area (Å²) in [6.45, 7) is 2.11. The number of hydrogen-bond acceptors (Lipinski definition) is 6. The lowest BCUT2D eigenvalue weighted by Crippen LogP contribution is -2.42. The van der Waals surface area contributed by atoms with E-state index in [0.717, 1.165) is 42.5 Å². The van der Waals surface area contributed by atoms with Crippen molar-refractivity contribution in [1.82, 2.24) is 14.3 Å². The number of primary amides is 1. The number of benzene rings is 1. The van der Waals surface area contributed by atoms with E-state index in [1.807, 2.05) is 30.3 Å². The summed E-state index contributed by atoms with van der Waals surface area (Å²) in [4.78, 5) is 17.6. The maximum atomic E-state index is 10.9. The minimum absolute atomic E-state index is 0.261. The molecule has 0 unspecified atom stereocenters. The van der Waals surface area contributed by atoms with Crippen molar-refractivity contribution in [2.75, 3.05) is 25.0 Å². The van der Waals surface area contributed by atoms with Crippen LogP contribution in [0.4, 0.5) is 5.13 Å². The van der Waals surface area contributed by atoms with E-state index in [9.17, 15) is 4.79 Å². The van der Waals surface area contributed by atoms with Gasteiger partial charge in [-0.05, 0) is 12.8 Å². The van der Waals surface area contributed by atoms with Crippen LogP contribution in [-0.2, 0) is 4.79 Å². The third-order valence-electron chi connectivity index (χ3n) is 3.75. The van der Waals surface area contributed by atoms with Crippen molar-refractivity contribution in [1.29, 1.82) is 0 Å². The van der Waals surface area contributed by atoms with Crippen LogP contribution in [0.2, 0.25) is 0 Å². The fourth-order valence-electron chi connectivity index (χ4n) is 2.62. The Balaban J connectivity index is 1.55. The molecule has 1 aliphatic heterocycles. The fourth-order valence-corrected chi connectivity index (χ4v) is 3.28. The summed E-state index contributed by atoms with van der Waals surface area (Å²) in [7, 11) is 0. The van der Waals surface area contributed by atoms with Gasteiger partial charge in [-0.2, -0.15) is 9.36 Å². The molecule has 3 rings (SSSR count). The zero-order chi connectivity index (χ0) is 15.4. The van der Waals surface area contributed by atoms with Gasteiger partial charge in [0.25, 0.3) is 0 Å². The minimum atomic E-state index is -0.261. The summed E-state index contributed by atoms with van der Waals surface area (Å²) in [5.41, 5.74) is 6.26. The Bertz CT molecular complexity index is 622. The van der Waals surface area contributed by atoms with E-state index in [2.05, 4.69) is 19.6 Å². The summed E-state index contributed by atoms with van der Waals surface area (Å²) in [5, 5.41) is 4.30. The van der Waals surface area contributed by atoms with Gasteiger partial charge in [-0.25, -0.2) is 0 Å². The SMILES string of the molecule is NC(=O)CN1CCC(Nc2nc(-c3ccccc3)ns2)CC1. The summed E-state index contributed by atoms with van der Waals surface area (Å²) in [6, 6.07) is 10.3. The van der Waals surface area contributed by atoms with E-state index in [4.69, 9.17) is 5.73 Å². The number of rotatable bonds is 5. The molecule has 3 N–H and O–H groups in total. The van der Waals surface area contributed by atoms with Gasteiger partial charge in [0.15, 0.2) is 5.82 Å². The van der Waals surface area contributed by atoms with Gasteiger partial charge in [0.2, 0.25) is 11.0 Å². The summed E-state index contributed by atoms with van der Waals surface area (Å²) < 4.78 is 4.40. The van der Waals surface area contributed by atoms with E-state index in [-0.39, 0.29) is 5.91 Å². The second-order valence-corrected chi connectivity index (χ2v) is 6.20. The normalized spacial score (nSPS) is 16.5. The first kappa shape index (κ1) is 14.9. The monoisotopic (exact) mass is 317 g/mol. The van der Waals surface area contributed by atoms with Crippen molar-refractivity contribution in [3.63, 3.8) is 0 Å². The molecule has 0 spiro atoms. The largest absolute Gasteiger partial charge is 0.369 e. The Hall–Kier alpha value is -1.99. The number of hydrogen-bond donors (Lipinski definition) is 2. The van der Waals surface area contributed by atoms with E-state index in [1.54, 1.807) is 0 Å². The minimum Gasteiger partial charge on any atom is -0.369 e. The van der Waals surface area contributed by atoms with Gasteiger partial charge in [0.05, 0.1) is 6.54 Å². The Kier molecular flexibility index (Phi) is 4.65. The number of likely N-dealkylation sites (tertiary alicyclic amines) is 1. The second-order valence-electron chi connectivity index (χ2n) is 5.45. The molecule has 0 aliphatic carbocycles. The number of carbonyl (C=O) groups is 1. The number of nitrogens with two attached hydrogens (primary N) is 1. The van der Waals surface area contributed by atoms with Crippen LogP contribution >= 0.6 is 11.5 Å². The summed E-state index contributed by atoms with van der Waals surface area (Å²) >= 11 is 1.39. The molecular formula is C15H19N5OS. The van der Waals surface area contributed by atoms with Gasteiger partial charge in [-0.15, -0.1) is 0 Å². The van der Waals surface area contributed by atoms with Crippen LogP contribution in [0.25, 0.3) is 11.4 Å². The number of carbonyl (C=O) groups excluding carboxylic acids is 1. The predicted octanol–water partition coefficient (Wildman–Crippen LogP) is 1.57. The third kappa shape index (κ3) is 3.80. The lowest BCUT2D eigenvalue weighted by Gasteiger charge is -2.31. The molecule has 116 valence electrons. The standard InChI is InChI=1S/C15H19N5OS/c16-13(21)10-20-8-6-12(7-9-20)17-15-18-14(19-22-15)11-4-2-1-3-5-11/h1-5,12H,6-10H2,(H2,16,21)(H,17,18,19). The van der Waals surface area contributed by atoms with Gasteiger partial charge in [0.1, 0.15) is 0 Å². The van der Waals surface area contributed by atoms with E-state index in [0.29, 0.717) is 12.6 Å². The zero-order valence-electron chi connectivity index (χ0n) is 12.2. The highest BCUT2D eigenvalue weighted by Crippen LogP contribution is 2.23. The molecule has 2 heterocycles. The molecular weight excluding hydrogens is 298 g/mol. The van der Waals surface area contributed by atoms with Gasteiger partial charge < -0.3 is 11.1 Å². The smallest absolute Gasteiger partial charge is 0.231 e. The molecule has 1 amide bonds. The van der Waals surface area contributed by atoms with Gasteiger partial charge in [0, 0.05) is 36.2 Å². The Labute approximate surface area is 133 Å². The Morgan fingerprint density at radius 2 is 2.05 bits per heavy atom. The second kappa shape index (κ2) is 6.85. The van der Waals surface area contributed by atoms with Crippen LogP contribution in [0.15, 0.2) is 30.3 Å².